The molecule has 5 atom stereocenters. The zero-order valence-corrected chi connectivity index (χ0v) is 18.9. The van der Waals surface area contributed by atoms with Crippen LogP contribution in [-0.2, 0) is 14.2 Å². The lowest BCUT2D eigenvalue weighted by Gasteiger charge is -2.24. The van der Waals surface area contributed by atoms with Gasteiger partial charge in [-0.15, -0.1) is 0 Å². The highest BCUT2D eigenvalue weighted by atomic mass is 35.5. The highest BCUT2D eigenvalue weighted by Gasteiger charge is 2.55. The second-order valence-corrected chi connectivity index (χ2v) is 9.73. The molecule has 0 spiro atoms. The predicted octanol–water partition coefficient (Wildman–Crippen LogP) is 3.81. The first-order valence-corrected chi connectivity index (χ1v) is 11.6. The maximum atomic E-state index is 6.39. The molecule has 0 radical (unpaired) electrons. The Morgan fingerprint density at radius 1 is 1.19 bits per heavy atom. The molecule has 10 heteroatoms. The van der Waals surface area contributed by atoms with Crippen LogP contribution in [0.2, 0.25) is 5.28 Å². The van der Waals surface area contributed by atoms with Gasteiger partial charge in [0.25, 0.3) is 0 Å². The maximum Gasteiger partial charge on any atom is 0.226 e. The highest BCUT2D eigenvalue weighted by molar-refractivity contribution is 6.28. The fourth-order valence-corrected chi connectivity index (χ4v) is 5.65. The van der Waals surface area contributed by atoms with Gasteiger partial charge in [-0.05, 0) is 62.8 Å². The van der Waals surface area contributed by atoms with E-state index in [-0.39, 0.29) is 35.7 Å². The number of aromatic nitrogens is 5. The topological polar surface area (TPSA) is 102 Å². The minimum Gasteiger partial charge on any atom is -0.383 e. The number of hydrogen-bond donors (Lipinski definition) is 1. The third kappa shape index (κ3) is 3.30. The number of rotatable bonds is 3. The molecule has 3 fully saturated rings. The predicted molar refractivity (Wildman–Crippen MR) is 118 cm³/mol. The average molecular weight is 459 g/mol. The lowest BCUT2D eigenvalue weighted by Crippen LogP contribution is -2.27. The minimum absolute atomic E-state index is 0.0119. The molecule has 32 heavy (non-hydrogen) atoms. The third-order valence-corrected chi connectivity index (χ3v) is 7.04. The summed E-state index contributed by atoms with van der Waals surface area (Å²) in [7, 11) is 0. The maximum absolute atomic E-state index is 6.39. The summed E-state index contributed by atoms with van der Waals surface area (Å²) in [5.74, 6) is -0.151. The van der Waals surface area contributed by atoms with E-state index in [1.807, 2.05) is 37.0 Å². The molecule has 0 bridgehead atoms. The average Bonchev–Trinajstić information content (AvgIpc) is 3.51. The van der Waals surface area contributed by atoms with Crippen LogP contribution in [0.5, 0.6) is 0 Å². The molecule has 9 nitrogen and oxygen atoms in total. The van der Waals surface area contributed by atoms with Gasteiger partial charge in [0.15, 0.2) is 5.79 Å². The fourth-order valence-electron chi connectivity index (χ4n) is 5.48. The minimum atomic E-state index is -0.663. The summed E-state index contributed by atoms with van der Waals surface area (Å²) in [6, 6.07) is 1.95. The van der Waals surface area contributed by atoms with Crippen molar-refractivity contribution < 1.29 is 14.2 Å². The van der Waals surface area contributed by atoms with Gasteiger partial charge in [0, 0.05) is 24.9 Å². The molecule has 3 aliphatic rings. The van der Waals surface area contributed by atoms with Gasteiger partial charge in [-0.25, -0.2) is 9.67 Å². The molecule has 5 heterocycles. The smallest absolute Gasteiger partial charge is 0.226 e. The number of fused-ring (bicyclic) bond motifs is 2. The molecule has 0 aromatic carbocycles. The van der Waals surface area contributed by atoms with Gasteiger partial charge in [-0.1, -0.05) is 0 Å². The van der Waals surface area contributed by atoms with Crippen molar-refractivity contribution in [1.29, 1.82) is 0 Å². The van der Waals surface area contributed by atoms with Gasteiger partial charge < -0.3 is 24.5 Å². The van der Waals surface area contributed by atoms with Crippen LogP contribution in [0.3, 0.4) is 0 Å². The first-order valence-electron chi connectivity index (χ1n) is 11.2. The van der Waals surface area contributed by atoms with Crippen molar-refractivity contribution in [2.24, 2.45) is 0 Å². The summed E-state index contributed by atoms with van der Waals surface area (Å²) in [5, 5.41) is 5.55. The number of nitrogen functional groups attached to an aromatic ring is 1. The third-order valence-electron chi connectivity index (χ3n) is 6.87. The van der Waals surface area contributed by atoms with Crippen molar-refractivity contribution in [3.05, 3.63) is 35.5 Å². The van der Waals surface area contributed by atoms with Crippen LogP contribution in [0.25, 0.3) is 11.0 Å². The number of nitrogens with zero attached hydrogens (tertiary/aromatic N) is 5. The second-order valence-electron chi connectivity index (χ2n) is 9.39. The van der Waals surface area contributed by atoms with Crippen LogP contribution in [0.4, 0.5) is 5.82 Å². The summed E-state index contributed by atoms with van der Waals surface area (Å²) in [6.45, 7) is 4.71. The molecule has 1 unspecified atom stereocenters. The number of anilines is 1. The van der Waals surface area contributed by atoms with Gasteiger partial charge in [-0.3, -0.25) is 0 Å². The van der Waals surface area contributed by atoms with E-state index < -0.39 is 5.79 Å². The van der Waals surface area contributed by atoms with Gasteiger partial charge in [0.05, 0.1) is 23.7 Å². The zero-order valence-electron chi connectivity index (χ0n) is 18.1. The van der Waals surface area contributed by atoms with E-state index in [1.165, 1.54) is 0 Å². The monoisotopic (exact) mass is 458 g/mol. The molecule has 170 valence electrons. The van der Waals surface area contributed by atoms with E-state index >= 15 is 0 Å². The van der Waals surface area contributed by atoms with Crippen LogP contribution in [0.1, 0.15) is 63.3 Å². The molecule has 0 amide bonds. The summed E-state index contributed by atoms with van der Waals surface area (Å²) in [4.78, 5) is 8.54. The molecule has 3 aromatic rings. The Bertz CT molecular complexity index is 1150. The van der Waals surface area contributed by atoms with E-state index in [0.717, 1.165) is 43.2 Å². The lowest BCUT2D eigenvalue weighted by molar-refractivity contribution is -0.157. The van der Waals surface area contributed by atoms with Crippen molar-refractivity contribution in [3.8, 4) is 0 Å². The first kappa shape index (κ1) is 20.4. The molecule has 3 aromatic heterocycles. The van der Waals surface area contributed by atoms with Crippen molar-refractivity contribution in [1.82, 2.24) is 24.3 Å². The van der Waals surface area contributed by atoms with E-state index in [2.05, 4.69) is 25.8 Å². The molecule has 2 saturated heterocycles. The van der Waals surface area contributed by atoms with Crippen LogP contribution in [0.15, 0.2) is 24.7 Å². The van der Waals surface area contributed by atoms with E-state index in [1.54, 1.807) is 0 Å². The molecular formula is C22H27ClN6O3. The SMILES string of the molecule is CC1(C)O[C@@H]2[C@H](O1)[C@@H](c1cnn(C3CCCCO3)c1)C[C@H]2n1ccc2c(N)nc(Cl)nc21. The quantitative estimate of drug-likeness (QED) is 0.595. The Morgan fingerprint density at radius 2 is 2.03 bits per heavy atom. The van der Waals surface area contributed by atoms with Crippen molar-refractivity contribution in [3.63, 3.8) is 0 Å². The first-order chi connectivity index (χ1) is 15.4. The Labute approximate surface area is 190 Å². The molecule has 2 N–H and O–H groups in total. The normalized spacial score (nSPS) is 31.9. The van der Waals surface area contributed by atoms with Gasteiger partial charge >= 0.3 is 0 Å². The Morgan fingerprint density at radius 3 is 2.84 bits per heavy atom. The molecular weight excluding hydrogens is 432 g/mol. The standard InChI is InChI=1S/C22H27ClN6O3/c1-22(2)31-17-14(12-10-25-29(11-12)16-5-3-4-8-30-16)9-15(18(17)32-22)28-7-6-13-19(24)26-21(23)27-20(13)28/h6-7,10-11,14-18H,3-5,8-9H2,1-2H3,(H2,24,26,27)/t14-,15-,16?,17-,18+/m1/s1. The zero-order chi connectivity index (χ0) is 22.0. The van der Waals surface area contributed by atoms with Crippen LogP contribution in [-0.4, -0.2) is 48.9 Å². The van der Waals surface area contributed by atoms with Crippen molar-refractivity contribution in [2.45, 2.75) is 75.7 Å². The Balaban J connectivity index is 1.36. The van der Waals surface area contributed by atoms with Gasteiger partial charge in [0.2, 0.25) is 5.28 Å². The van der Waals surface area contributed by atoms with E-state index in [4.69, 9.17) is 31.5 Å². The van der Waals surface area contributed by atoms with Crippen molar-refractivity contribution in [2.75, 3.05) is 12.3 Å². The van der Waals surface area contributed by atoms with Crippen LogP contribution < -0.4 is 5.73 Å². The van der Waals surface area contributed by atoms with Crippen LogP contribution >= 0.6 is 11.6 Å². The molecule has 1 aliphatic carbocycles. The van der Waals surface area contributed by atoms with Crippen molar-refractivity contribution >= 4 is 28.5 Å². The summed E-state index contributed by atoms with van der Waals surface area (Å²) < 4.78 is 22.8. The summed E-state index contributed by atoms with van der Waals surface area (Å²) in [6.07, 6.45) is 9.93. The largest absolute Gasteiger partial charge is 0.383 e. The van der Waals surface area contributed by atoms with Crippen LogP contribution in [0, 0.1) is 0 Å². The Kier molecular flexibility index (Phi) is 4.73. The Hall–Kier alpha value is -2.20. The summed E-state index contributed by atoms with van der Waals surface area (Å²) in [5.41, 5.74) is 7.94. The van der Waals surface area contributed by atoms with Gasteiger partial charge in [0.1, 0.15) is 23.8 Å². The number of halogens is 1. The lowest BCUT2D eigenvalue weighted by atomic mass is 9.98. The number of hydrogen-bond acceptors (Lipinski definition) is 7. The molecule has 1 saturated carbocycles. The number of nitrogens with two attached hydrogens (primary N) is 1. The highest BCUT2D eigenvalue weighted by Crippen LogP contribution is 2.51. The number of ether oxygens (including phenoxy) is 3. The van der Waals surface area contributed by atoms with Gasteiger partial charge in [-0.2, -0.15) is 10.1 Å². The summed E-state index contributed by atoms with van der Waals surface area (Å²) >= 11 is 6.12. The van der Waals surface area contributed by atoms with E-state index in [9.17, 15) is 0 Å². The molecule has 2 aliphatic heterocycles. The van der Waals surface area contributed by atoms with E-state index in [0.29, 0.717) is 11.5 Å². The molecule has 6 rings (SSSR count). The fraction of sp³-hybridized carbons (Fsp3) is 0.591. The second kappa shape index (κ2) is 7.41.